The van der Waals surface area contributed by atoms with Crippen molar-refractivity contribution in [3.8, 4) is 11.3 Å². The van der Waals surface area contributed by atoms with Crippen LogP contribution in [-0.2, 0) is 0 Å². The van der Waals surface area contributed by atoms with E-state index >= 15 is 0 Å². The molecular weight excluding hydrogens is 248 g/mol. The van der Waals surface area contributed by atoms with Crippen LogP contribution < -0.4 is 5.32 Å². The molecule has 1 saturated carbocycles. The minimum Gasteiger partial charge on any atom is -0.444 e. The van der Waals surface area contributed by atoms with Crippen molar-refractivity contribution in [3.63, 3.8) is 0 Å². The number of nitrogens with zero attached hydrogens (tertiary/aromatic N) is 1. The van der Waals surface area contributed by atoms with Gasteiger partial charge in [-0.3, -0.25) is 0 Å². The molecule has 0 aliphatic heterocycles. The summed E-state index contributed by atoms with van der Waals surface area (Å²) in [5.41, 5.74) is 2.25. The Morgan fingerprint density at radius 3 is 2.55 bits per heavy atom. The first-order valence-corrected chi connectivity index (χ1v) is 7.58. The average Bonchev–Trinajstić information content (AvgIpc) is 3.03. The molecule has 1 aliphatic carbocycles. The summed E-state index contributed by atoms with van der Waals surface area (Å²) in [6.45, 7) is 2.31. The van der Waals surface area contributed by atoms with Crippen LogP contribution in [0.25, 0.3) is 11.3 Å². The molecule has 2 aromatic rings. The summed E-state index contributed by atoms with van der Waals surface area (Å²) in [6, 6.07) is 8.95. The zero-order valence-corrected chi connectivity index (χ0v) is 12.0. The minimum atomic E-state index is 0.548. The Hall–Kier alpha value is -1.77. The van der Waals surface area contributed by atoms with Crippen LogP contribution in [0.3, 0.4) is 0 Å². The zero-order chi connectivity index (χ0) is 13.8. The van der Waals surface area contributed by atoms with E-state index in [1.807, 2.05) is 0 Å². The highest BCUT2D eigenvalue weighted by atomic mass is 16.3. The molecule has 106 valence electrons. The maximum Gasteiger partial charge on any atom is 0.181 e. The van der Waals surface area contributed by atoms with Crippen molar-refractivity contribution in [2.24, 2.45) is 5.92 Å². The lowest BCUT2D eigenvalue weighted by molar-refractivity contribution is 0.328. The number of rotatable bonds is 4. The van der Waals surface area contributed by atoms with Crippen molar-refractivity contribution in [1.29, 1.82) is 0 Å². The number of nitrogens with one attached hydrogen (secondary N) is 1. The Labute approximate surface area is 120 Å². The first-order valence-electron chi connectivity index (χ1n) is 7.58. The van der Waals surface area contributed by atoms with Crippen LogP contribution >= 0.6 is 0 Å². The van der Waals surface area contributed by atoms with E-state index < -0.39 is 0 Å². The molecule has 1 unspecified atom stereocenters. The van der Waals surface area contributed by atoms with Crippen LogP contribution in [0.15, 0.2) is 41.3 Å². The van der Waals surface area contributed by atoms with Gasteiger partial charge in [0.1, 0.15) is 0 Å². The van der Waals surface area contributed by atoms with Crippen molar-refractivity contribution in [1.82, 2.24) is 4.98 Å². The Morgan fingerprint density at radius 1 is 1.15 bits per heavy atom. The molecule has 3 heteroatoms. The lowest BCUT2D eigenvalue weighted by Gasteiger charge is -2.29. The average molecular weight is 270 g/mol. The fraction of sp³-hybridized carbons (Fsp3) is 0.471. The summed E-state index contributed by atoms with van der Waals surface area (Å²) >= 11 is 0. The van der Waals surface area contributed by atoms with E-state index in [1.165, 1.54) is 44.2 Å². The summed E-state index contributed by atoms with van der Waals surface area (Å²) in [4.78, 5) is 3.95. The largest absolute Gasteiger partial charge is 0.444 e. The minimum absolute atomic E-state index is 0.548. The van der Waals surface area contributed by atoms with Gasteiger partial charge in [0.25, 0.3) is 0 Å². The third-order valence-electron chi connectivity index (χ3n) is 4.35. The summed E-state index contributed by atoms with van der Waals surface area (Å²) < 4.78 is 5.30. The monoisotopic (exact) mass is 270 g/mol. The Kier molecular flexibility index (Phi) is 4.05. The third kappa shape index (κ3) is 3.03. The first kappa shape index (κ1) is 13.2. The van der Waals surface area contributed by atoms with Gasteiger partial charge in [-0.25, -0.2) is 4.98 Å². The molecule has 1 aromatic carbocycles. The maximum atomic E-state index is 5.30. The molecule has 3 rings (SSSR count). The van der Waals surface area contributed by atoms with Crippen molar-refractivity contribution < 1.29 is 4.42 Å². The molecule has 0 saturated heterocycles. The number of hydrogen-bond acceptors (Lipinski definition) is 3. The predicted molar refractivity (Wildman–Crippen MR) is 81.6 cm³/mol. The standard InChI is InChI=1S/C17H22N2O/c1-13(14-5-3-2-4-6-14)19-16-9-7-15(8-10-16)17-11-18-12-20-17/h7-14,19H,2-6H2,1H3. The summed E-state index contributed by atoms with van der Waals surface area (Å²) in [5.74, 6) is 1.63. The second-order valence-corrected chi connectivity index (χ2v) is 5.77. The van der Waals surface area contributed by atoms with Gasteiger partial charge in [-0.2, -0.15) is 0 Å². The molecule has 3 nitrogen and oxygen atoms in total. The zero-order valence-electron chi connectivity index (χ0n) is 12.0. The number of aromatic nitrogens is 1. The number of anilines is 1. The van der Waals surface area contributed by atoms with Gasteiger partial charge in [-0.15, -0.1) is 0 Å². The van der Waals surface area contributed by atoms with Gasteiger partial charge in [0.15, 0.2) is 12.2 Å². The second-order valence-electron chi connectivity index (χ2n) is 5.77. The first-order chi connectivity index (χ1) is 9.83. The summed E-state index contributed by atoms with van der Waals surface area (Å²) in [5, 5.41) is 3.64. The maximum absolute atomic E-state index is 5.30. The molecule has 0 amide bonds. The molecule has 1 aliphatic rings. The van der Waals surface area contributed by atoms with Crippen LogP contribution in [0.4, 0.5) is 5.69 Å². The Morgan fingerprint density at radius 2 is 1.90 bits per heavy atom. The van der Waals surface area contributed by atoms with Crippen LogP contribution in [0, 0.1) is 5.92 Å². The van der Waals surface area contributed by atoms with E-state index in [0.717, 1.165) is 17.2 Å². The Bertz CT molecular complexity index is 512. The quantitative estimate of drug-likeness (QED) is 0.873. The molecule has 0 bridgehead atoms. The van der Waals surface area contributed by atoms with Crippen molar-refractivity contribution >= 4 is 5.69 Å². The van der Waals surface area contributed by atoms with E-state index in [1.54, 1.807) is 6.20 Å². The molecule has 1 aromatic heterocycles. The van der Waals surface area contributed by atoms with Crippen LogP contribution in [0.2, 0.25) is 0 Å². The highest BCUT2D eigenvalue weighted by molar-refractivity contribution is 5.60. The normalized spacial score (nSPS) is 17.9. The molecule has 1 N–H and O–H groups in total. The lowest BCUT2D eigenvalue weighted by Crippen LogP contribution is -2.27. The Balaban J connectivity index is 1.63. The van der Waals surface area contributed by atoms with E-state index in [4.69, 9.17) is 4.42 Å². The van der Waals surface area contributed by atoms with Gasteiger partial charge >= 0.3 is 0 Å². The second kappa shape index (κ2) is 6.12. The fourth-order valence-corrected chi connectivity index (χ4v) is 3.10. The van der Waals surface area contributed by atoms with E-state index in [9.17, 15) is 0 Å². The van der Waals surface area contributed by atoms with Gasteiger partial charge in [-0.1, -0.05) is 19.3 Å². The van der Waals surface area contributed by atoms with Gasteiger partial charge in [0, 0.05) is 17.3 Å². The van der Waals surface area contributed by atoms with Crippen molar-refractivity contribution in [2.75, 3.05) is 5.32 Å². The van der Waals surface area contributed by atoms with Crippen LogP contribution in [0.5, 0.6) is 0 Å². The molecule has 1 atom stereocenters. The number of hydrogen-bond donors (Lipinski definition) is 1. The predicted octanol–water partition coefficient (Wildman–Crippen LogP) is 4.72. The SMILES string of the molecule is CC(Nc1ccc(-c2cnco2)cc1)C1CCCCC1. The summed E-state index contributed by atoms with van der Waals surface area (Å²) in [7, 11) is 0. The lowest BCUT2D eigenvalue weighted by atomic mass is 9.84. The van der Waals surface area contributed by atoms with Gasteiger partial charge < -0.3 is 9.73 Å². The molecule has 0 spiro atoms. The van der Waals surface area contributed by atoms with Crippen LogP contribution in [-0.4, -0.2) is 11.0 Å². The van der Waals surface area contributed by atoms with E-state index in [0.29, 0.717) is 6.04 Å². The smallest absolute Gasteiger partial charge is 0.181 e. The van der Waals surface area contributed by atoms with Crippen molar-refractivity contribution in [3.05, 3.63) is 36.9 Å². The number of oxazole rings is 1. The molecule has 1 heterocycles. The van der Waals surface area contributed by atoms with Crippen LogP contribution in [0.1, 0.15) is 39.0 Å². The third-order valence-corrected chi connectivity index (χ3v) is 4.35. The van der Waals surface area contributed by atoms with E-state index in [-0.39, 0.29) is 0 Å². The topological polar surface area (TPSA) is 38.1 Å². The number of benzene rings is 1. The fourth-order valence-electron chi connectivity index (χ4n) is 3.10. The highest BCUT2D eigenvalue weighted by Crippen LogP contribution is 2.28. The van der Waals surface area contributed by atoms with Gasteiger partial charge in [0.05, 0.1) is 6.20 Å². The van der Waals surface area contributed by atoms with E-state index in [2.05, 4.69) is 41.5 Å². The highest BCUT2D eigenvalue weighted by Gasteiger charge is 2.19. The molecule has 0 radical (unpaired) electrons. The molecule has 20 heavy (non-hydrogen) atoms. The van der Waals surface area contributed by atoms with Gasteiger partial charge in [0.2, 0.25) is 0 Å². The molecule has 1 fully saturated rings. The summed E-state index contributed by atoms with van der Waals surface area (Å²) in [6.07, 6.45) is 10.1. The molecular formula is C17H22N2O. The van der Waals surface area contributed by atoms with Gasteiger partial charge in [-0.05, 0) is 49.9 Å². The van der Waals surface area contributed by atoms with Crippen molar-refractivity contribution in [2.45, 2.75) is 45.1 Å².